The van der Waals surface area contributed by atoms with Crippen molar-refractivity contribution in [2.24, 2.45) is 0 Å². The monoisotopic (exact) mass is 348 g/mol. The Labute approximate surface area is 148 Å². The number of aromatic amines is 2. The molecule has 0 aliphatic rings. The number of nitrogens with one attached hydrogen (secondary N) is 3. The van der Waals surface area contributed by atoms with Gasteiger partial charge in [-0.05, 0) is 36.8 Å². The summed E-state index contributed by atoms with van der Waals surface area (Å²) in [4.78, 5) is 23.0. The Morgan fingerprint density at radius 2 is 1.96 bits per heavy atom. The highest BCUT2D eigenvalue weighted by Crippen LogP contribution is 2.24. The Morgan fingerprint density at radius 1 is 1.12 bits per heavy atom. The van der Waals surface area contributed by atoms with Crippen LogP contribution < -0.4 is 15.6 Å². The highest BCUT2D eigenvalue weighted by Gasteiger charge is 2.10. The number of rotatable bonds is 5. The van der Waals surface area contributed by atoms with E-state index < -0.39 is 0 Å². The molecule has 3 aromatic heterocycles. The first-order valence-corrected chi connectivity index (χ1v) is 8.07. The quantitative estimate of drug-likeness (QED) is 0.511. The van der Waals surface area contributed by atoms with Crippen LogP contribution in [0.5, 0.6) is 11.5 Å². The summed E-state index contributed by atoms with van der Waals surface area (Å²) in [5.41, 5.74) is 1.23. The average molecular weight is 348 g/mol. The van der Waals surface area contributed by atoms with Crippen LogP contribution in [0.2, 0.25) is 0 Å². The number of nitrogens with zero attached hydrogens (tertiary/aromatic N) is 3. The maximum absolute atomic E-state index is 12.0. The Bertz CT molecular complexity index is 1070. The van der Waals surface area contributed by atoms with Gasteiger partial charge >= 0.3 is 0 Å². The van der Waals surface area contributed by atoms with Crippen molar-refractivity contribution >= 4 is 17.0 Å². The lowest BCUT2D eigenvalue weighted by atomic mass is 10.1. The van der Waals surface area contributed by atoms with Crippen LogP contribution in [0.4, 0.5) is 5.95 Å². The van der Waals surface area contributed by atoms with Crippen LogP contribution in [0.15, 0.2) is 59.8 Å². The van der Waals surface area contributed by atoms with E-state index in [0.717, 1.165) is 11.3 Å². The van der Waals surface area contributed by atoms with Crippen molar-refractivity contribution in [1.82, 2.24) is 25.1 Å². The normalized spacial score (nSPS) is 12.0. The van der Waals surface area contributed by atoms with Gasteiger partial charge in [0.15, 0.2) is 5.65 Å². The molecule has 8 nitrogen and oxygen atoms in total. The molecule has 0 aliphatic heterocycles. The van der Waals surface area contributed by atoms with Crippen molar-refractivity contribution in [3.8, 4) is 11.5 Å². The summed E-state index contributed by atoms with van der Waals surface area (Å²) >= 11 is 0. The molecular weight excluding hydrogens is 332 g/mol. The van der Waals surface area contributed by atoms with Crippen LogP contribution in [0.3, 0.4) is 0 Å². The van der Waals surface area contributed by atoms with Crippen LogP contribution in [0.25, 0.3) is 11.0 Å². The summed E-state index contributed by atoms with van der Waals surface area (Å²) in [5, 5.41) is 10.1. The molecule has 3 N–H and O–H groups in total. The molecule has 0 aliphatic carbocycles. The largest absolute Gasteiger partial charge is 0.456 e. The third-order valence-corrected chi connectivity index (χ3v) is 3.92. The Hall–Kier alpha value is -3.68. The number of fused-ring (bicyclic) bond motifs is 1. The maximum atomic E-state index is 12.0. The van der Waals surface area contributed by atoms with Gasteiger partial charge in [0, 0.05) is 6.20 Å². The van der Waals surface area contributed by atoms with Gasteiger partial charge in [-0.2, -0.15) is 10.1 Å². The Balaban J connectivity index is 1.48. The summed E-state index contributed by atoms with van der Waals surface area (Å²) in [5.74, 6) is 1.79. The predicted molar refractivity (Wildman–Crippen MR) is 97.3 cm³/mol. The number of H-pyrrole nitrogens is 2. The summed E-state index contributed by atoms with van der Waals surface area (Å²) < 4.78 is 5.73. The highest BCUT2D eigenvalue weighted by molar-refractivity contribution is 5.73. The molecule has 0 saturated heterocycles. The van der Waals surface area contributed by atoms with Crippen molar-refractivity contribution in [2.75, 3.05) is 5.32 Å². The molecule has 0 radical (unpaired) electrons. The van der Waals surface area contributed by atoms with Gasteiger partial charge < -0.3 is 10.1 Å². The second-order valence-electron chi connectivity index (χ2n) is 5.77. The van der Waals surface area contributed by atoms with E-state index in [-0.39, 0.29) is 11.6 Å². The number of hydrogen-bond donors (Lipinski definition) is 3. The van der Waals surface area contributed by atoms with Gasteiger partial charge in [-0.1, -0.05) is 12.1 Å². The van der Waals surface area contributed by atoms with Crippen molar-refractivity contribution in [3.63, 3.8) is 0 Å². The van der Waals surface area contributed by atoms with E-state index in [4.69, 9.17) is 4.74 Å². The molecule has 4 aromatic rings. The summed E-state index contributed by atoms with van der Waals surface area (Å²) in [6.07, 6.45) is 4.81. The fourth-order valence-electron chi connectivity index (χ4n) is 2.57. The minimum Gasteiger partial charge on any atom is -0.456 e. The van der Waals surface area contributed by atoms with Gasteiger partial charge in [0.2, 0.25) is 5.95 Å². The fraction of sp³-hybridized carbons (Fsp3) is 0.111. The third kappa shape index (κ3) is 3.25. The topological polar surface area (TPSA) is 109 Å². The van der Waals surface area contributed by atoms with E-state index in [9.17, 15) is 4.79 Å². The van der Waals surface area contributed by atoms with E-state index in [1.807, 2.05) is 43.3 Å². The number of pyridine rings is 1. The predicted octanol–water partition coefficient (Wildman–Crippen LogP) is 3.01. The second kappa shape index (κ2) is 6.67. The van der Waals surface area contributed by atoms with Crippen molar-refractivity contribution in [3.05, 3.63) is 70.9 Å². The van der Waals surface area contributed by atoms with E-state index in [1.54, 1.807) is 12.4 Å². The first-order valence-electron chi connectivity index (χ1n) is 8.07. The van der Waals surface area contributed by atoms with E-state index in [0.29, 0.717) is 22.7 Å². The molecule has 0 saturated carbocycles. The van der Waals surface area contributed by atoms with Crippen LogP contribution in [0.1, 0.15) is 18.5 Å². The number of benzene rings is 1. The third-order valence-electron chi connectivity index (χ3n) is 3.92. The molecule has 3 heterocycles. The smallest absolute Gasteiger partial charge is 0.263 e. The highest BCUT2D eigenvalue weighted by atomic mass is 16.5. The lowest BCUT2D eigenvalue weighted by Crippen LogP contribution is -2.15. The Morgan fingerprint density at radius 3 is 2.73 bits per heavy atom. The van der Waals surface area contributed by atoms with Crippen LogP contribution in [0, 0.1) is 0 Å². The molecule has 0 spiro atoms. The van der Waals surface area contributed by atoms with Gasteiger partial charge in [0.05, 0.1) is 18.4 Å². The van der Waals surface area contributed by atoms with Gasteiger partial charge in [0.25, 0.3) is 5.56 Å². The average Bonchev–Trinajstić information content (AvgIpc) is 3.12. The number of aromatic nitrogens is 5. The summed E-state index contributed by atoms with van der Waals surface area (Å²) in [6.45, 7) is 1.98. The molecule has 8 heteroatoms. The van der Waals surface area contributed by atoms with Crippen molar-refractivity contribution in [1.29, 1.82) is 0 Å². The molecule has 1 atom stereocenters. The molecule has 0 bridgehead atoms. The zero-order valence-corrected chi connectivity index (χ0v) is 13.9. The lowest BCUT2D eigenvalue weighted by molar-refractivity contribution is 0.480. The standard InChI is InChI=1S/C18H16N6O2/c1-11(21-18-22-16-15(10-20-24-16)17(25)23-18)12-4-6-13(7-5-12)26-14-3-2-8-19-9-14/h2-11H,1H3,(H3,20,21,22,23,24,25). The van der Waals surface area contributed by atoms with Gasteiger partial charge in [-0.15, -0.1) is 0 Å². The minimum atomic E-state index is -0.237. The molecular formula is C18H16N6O2. The van der Waals surface area contributed by atoms with Gasteiger partial charge in [-0.25, -0.2) is 0 Å². The molecule has 4 rings (SSSR count). The molecule has 130 valence electrons. The van der Waals surface area contributed by atoms with Crippen LogP contribution in [-0.2, 0) is 0 Å². The van der Waals surface area contributed by atoms with Crippen molar-refractivity contribution < 1.29 is 4.74 Å². The lowest BCUT2D eigenvalue weighted by Gasteiger charge is -2.15. The van der Waals surface area contributed by atoms with Crippen molar-refractivity contribution in [2.45, 2.75) is 13.0 Å². The molecule has 26 heavy (non-hydrogen) atoms. The fourth-order valence-corrected chi connectivity index (χ4v) is 2.57. The summed E-state index contributed by atoms with van der Waals surface area (Å²) in [6, 6.07) is 11.3. The molecule has 0 amide bonds. The van der Waals surface area contributed by atoms with Crippen LogP contribution >= 0.6 is 0 Å². The minimum absolute atomic E-state index is 0.0639. The van der Waals surface area contributed by atoms with E-state index >= 15 is 0 Å². The van der Waals surface area contributed by atoms with E-state index in [1.165, 1.54) is 6.20 Å². The van der Waals surface area contributed by atoms with Gasteiger partial charge in [-0.3, -0.25) is 19.9 Å². The first-order chi connectivity index (χ1) is 12.7. The molecule has 1 aromatic carbocycles. The van der Waals surface area contributed by atoms with Gasteiger partial charge in [0.1, 0.15) is 16.9 Å². The molecule has 1 unspecified atom stereocenters. The molecule has 0 fully saturated rings. The number of hydrogen-bond acceptors (Lipinski definition) is 6. The maximum Gasteiger partial charge on any atom is 0.263 e. The number of ether oxygens (including phenoxy) is 1. The summed E-state index contributed by atoms with van der Waals surface area (Å²) in [7, 11) is 0. The second-order valence-corrected chi connectivity index (χ2v) is 5.77. The zero-order chi connectivity index (χ0) is 17.9. The van der Waals surface area contributed by atoms with E-state index in [2.05, 4.69) is 30.5 Å². The Kier molecular flexibility index (Phi) is 4.06. The SMILES string of the molecule is CC(Nc1nc2[nH]ncc2c(=O)[nH]1)c1ccc(Oc2cccnc2)cc1. The first kappa shape index (κ1) is 15.8. The zero-order valence-electron chi connectivity index (χ0n) is 13.9. The van der Waals surface area contributed by atoms with Crippen LogP contribution in [-0.4, -0.2) is 25.1 Å². The number of anilines is 1.